The van der Waals surface area contributed by atoms with Crippen molar-refractivity contribution in [2.24, 2.45) is 0 Å². The Bertz CT molecular complexity index is 207. The summed E-state index contributed by atoms with van der Waals surface area (Å²) in [7, 11) is 3.08. The first-order chi connectivity index (χ1) is 8.26. The van der Waals surface area contributed by atoms with Crippen molar-refractivity contribution in [1.82, 2.24) is 5.32 Å². The van der Waals surface area contributed by atoms with Gasteiger partial charge in [-0.2, -0.15) is 0 Å². The Hall–Kier alpha value is -0.850. The van der Waals surface area contributed by atoms with Gasteiger partial charge >= 0.3 is 6.09 Å². The Balaban J connectivity index is -0.000000366. The highest BCUT2D eigenvalue weighted by atomic mass is 17.2. The Morgan fingerprint density at radius 1 is 1.33 bits per heavy atom. The predicted molar refractivity (Wildman–Crippen MR) is 71.5 cm³/mol. The van der Waals surface area contributed by atoms with E-state index in [1.165, 1.54) is 7.11 Å². The second kappa shape index (κ2) is 11.3. The minimum Gasteiger partial charge on any atom is -0.444 e. The van der Waals surface area contributed by atoms with E-state index in [1.54, 1.807) is 7.11 Å². The zero-order valence-corrected chi connectivity index (χ0v) is 12.5. The normalized spacial score (nSPS) is 12.2. The SMILES string of the molecule is CCOOC.COC[C@H](C)NC(=O)OC(C)(C)C.[HH]. The number of methoxy groups -OCH3 is 1. The van der Waals surface area contributed by atoms with E-state index in [0.29, 0.717) is 13.2 Å². The molecule has 0 aliphatic rings. The lowest BCUT2D eigenvalue weighted by molar-refractivity contribution is -0.268. The largest absolute Gasteiger partial charge is 0.444 e. The fraction of sp³-hybridized carbons (Fsp3) is 0.917. The molecule has 0 fully saturated rings. The van der Waals surface area contributed by atoms with Crippen molar-refractivity contribution in [1.29, 1.82) is 0 Å². The monoisotopic (exact) mass is 267 g/mol. The molecular weight excluding hydrogens is 238 g/mol. The molecule has 0 saturated heterocycles. The summed E-state index contributed by atoms with van der Waals surface area (Å²) in [6, 6.07) is -0.0279. The quantitative estimate of drug-likeness (QED) is 0.612. The first-order valence-corrected chi connectivity index (χ1v) is 5.90. The summed E-state index contributed by atoms with van der Waals surface area (Å²) < 4.78 is 9.91. The highest BCUT2D eigenvalue weighted by Gasteiger charge is 2.17. The maximum Gasteiger partial charge on any atom is 0.407 e. The predicted octanol–water partition coefficient (Wildman–Crippen LogP) is 2.38. The molecule has 0 aromatic carbocycles. The van der Waals surface area contributed by atoms with E-state index < -0.39 is 11.7 Å². The molecular formula is C12H29NO5. The summed E-state index contributed by atoms with van der Waals surface area (Å²) in [5.74, 6) is 0. The molecule has 0 unspecified atom stereocenters. The van der Waals surface area contributed by atoms with Crippen molar-refractivity contribution >= 4 is 6.09 Å². The van der Waals surface area contributed by atoms with Crippen LogP contribution in [0.15, 0.2) is 0 Å². The van der Waals surface area contributed by atoms with Gasteiger partial charge in [0.25, 0.3) is 0 Å². The maximum absolute atomic E-state index is 11.2. The van der Waals surface area contributed by atoms with E-state index in [4.69, 9.17) is 9.47 Å². The van der Waals surface area contributed by atoms with E-state index in [2.05, 4.69) is 15.1 Å². The van der Waals surface area contributed by atoms with Gasteiger partial charge in [0.05, 0.1) is 26.4 Å². The molecule has 0 saturated carbocycles. The van der Waals surface area contributed by atoms with E-state index in [1.807, 2.05) is 34.6 Å². The number of hydrogen-bond donors (Lipinski definition) is 1. The van der Waals surface area contributed by atoms with Crippen LogP contribution in [0, 0.1) is 0 Å². The summed E-state index contributed by atoms with van der Waals surface area (Å²) in [5.41, 5.74) is -0.448. The van der Waals surface area contributed by atoms with Crippen LogP contribution in [0.25, 0.3) is 0 Å². The van der Waals surface area contributed by atoms with Crippen molar-refractivity contribution in [2.45, 2.75) is 46.3 Å². The molecule has 0 rings (SSSR count). The number of carbonyl (C=O) groups excluding carboxylic acids is 1. The lowest BCUT2D eigenvalue weighted by Gasteiger charge is -2.21. The Morgan fingerprint density at radius 3 is 2.17 bits per heavy atom. The van der Waals surface area contributed by atoms with Crippen molar-refractivity contribution in [2.75, 3.05) is 27.4 Å². The number of amides is 1. The van der Waals surface area contributed by atoms with E-state index in [9.17, 15) is 4.79 Å². The highest BCUT2D eigenvalue weighted by Crippen LogP contribution is 2.06. The Kier molecular flexibility index (Phi) is 12.2. The summed E-state index contributed by atoms with van der Waals surface area (Å²) in [6.45, 7) is 10.3. The van der Waals surface area contributed by atoms with Gasteiger partial charge in [0, 0.05) is 8.54 Å². The van der Waals surface area contributed by atoms with Crippen LogP contribution < -0.4 is 5.32 Å². The molecule has 0 aromatic rings. The molecule has 112 valence electrons. The molecule has 0 aliphatic carbocycles. The number of rotatable bonds is 5. The second-order valence-electron chi connectivity index (χ2n) is 4.58. The van der Waals surface area contributed by atoms with Crippen LogP contribution >= 0.6 is 0 Å². The topological polar surface area (TPSA) is 66.0 Å². The molecule has 1 amide bonds. The minimum absolute atomic E-state index is 0. The van der Waals surface area contributed by atoms with E-state index in [-0.39, 0.29) is 7.47 Å². The maximum atomic E-state index is 11.2. The van der Waals surface area contributed by atoms with Crippen LogP contribution in [0.4, 0.5) is 4.79 Å². The number of carbonyl (C=O) groups is 1. The number of nitrogens with one attached hydrogen (secondary N) is 1. The fourth-order valence-corrected chi connectivity index (χ4v) is 0.918. The number of ether oxygens (including phenoxy) is 2. The summed E-state index contributed by atoms with van der Waals surface area (Å²) in [6.07, 6.45) is -0.406. The van der Waals surface area contributed by atoms with Gasteiger partial charge in [0.15, 0.2) is 0 Å². The molecule has 0 aliphatic heterocycles. The molecule has 18 heavy (non-hydrogen) atoms. The van der Waals surface area contributed by atoms with Crippen LogP contribution in [0.5, 0.6) is 0 Å². The summed E-state index contributed by atoms with van der Waals surface area (Å²) in [5, 5.41) is 2.65. The molecule has 0 spiro atoms. The van der Waals surface area contributed by atoms with E-state index in [0.717, 1.165) is 0 Å². The van der Waals surface area contributed by atoms with Crippen molar-refractivity contribution in [3.63, 3.8) is 0 Å². The van der Waals surface area contributed by atoms with Gasteiger partial charge in [-0.1, -0.05) is 0 Å². The van der Waals surface area contributed by atoms with Gasteiger partial charge in [-0.3, -0.25) is 0 Å². The highest BCUT2D eigenvalue weighted by molar-refractivity contribution is 5.68. The minimum atomic E-state index is -0.448. The van der Waals surface area contributed by atoms with Gasteiger partial charge in [-0.25, -0.2) is 14.6 Å². The van der Waals surface area contributed by atoms with Crippen molar-refractivity contribution < 1.29 is 25.5 Å². The first kappa shape index (κ1) is 19.5. The van der Waals surface area contributed by atoms with Crippen LogP contribution in [-0.4, -0.2) is 45.2 Å². The molecule has 6 heteroatoms. The summed E-state index contributed by atoms with van der Waals surface area (Å²) >= 11 is 0. The number of alkyl carbamates (subject to hydrolysis) is 1. The van der Waals surface area contributed by atoms with Crippen LogP contribution in [0.2, 0.25) is 0 Å². The molecule has 1 atom stereocenters. The van der Waals surface area contributed by atoms with Gasteiger partial charge in [-0.15, -0.1) is 0 Å². The average Bonchev–Trinajstić information content (AvgIpc) is 2.16. The zero-order chi connectivity index (χ0) is 14.6. The Morgan fingerprint density at radius 2 is 1.89 bits per heavy atom. The molecule has 0 radical (unpaired) electrons. The average molecular weight is 267 g/mol. The van der Waals surface area contributed by atoms with E-state index >= 15 is 0 Å². The molecule has 6 nitrogen and oxygen atoms in total. The van der Waals surface area contributed by atoms with Crippen molar-refractivity contribution in [3.8, 4) is 0 Å². The lowest BCUT2D eigenvalue weighted by atomic mass is 10.2. The van der Waals surface area contributed by atoms with Crippen LogP contribution in [0.1, 0.15) is 36.0 Å². The molecule has 0 heterocycles. The third-order valence-corrected chi connectivity index (χ3v) is 1.42. The third-order valence-electron chi connectivity index (χ3n) is 1.42. The van der Waals surface area contributed by atoms with Crippen LogP contribution in [0.3, 0.4) is 0 Å². The van der Waals surface area contributed by atoms with Crippen LogP contribution in [-0.2, 0) is 19.2 Å². The zero-order valence-electron chi connectivity index (χ0n) is 12.5. The standard InChI is InChI=1S/C9H19NO3.C3H8O2.H2/c1-7(6-12-5)10-8(11)13-9(2,3)4;1-3-5-4-2;/h7H,6H2,1-5H3,(H,10,11);3H2,1-2H3;1H/t7-;;/m0../s1. The molecule has 0 bridgehead atoms. The van der Waals surface area contributed by atoms with Gasteiger partial charge in [0.2, 0.25) is 0 Å². The molecule has 0 aromatic heterocycles. The fourth-order valence-electron chi connectivity index (χ4n) is 0.918. The second-order valence-corrected chi connectivity index (χ2v) is 4.58. The third kappa shape index (κ3) is 17.5. The van der Waals surface area contributed by atoms with Gasteiger partial charge in [0.1, 0.15) is 5.60 Å². The Labute approximate surface area is 111 Å². The number of hydrogen-bond acceptors (Lipinski definition) is 5. The first-order valence-electron chi connectivity index (χ1n) is 5.90. The van der Waals surface area contributed by atoms with Crippen molar-refractivity contribution in [3.05, 3.63) is 0 Å². The van der Waals surface area contributed by atoms with Gasteiger partial charge < -0.3 is 14.8 Å². The van der Waals surface area contributed by atoms with Gasteiger partial charge in [-0.05, 0) is 34.6 Å². The molecule has 1 N–H and O–H groups in total. The summed E-state index contributed by atoms with van der Waals surface area (Å²) in [4.78, 5) is 19.7. The smallest absolute Gasteiger partial charge is 0.407 e. The lowest BCUT2D eigenvalue weighted by Crippen LogP contribution is -2.39.